The van der Waals surface area contributed by atoms with Gasteiger partial charge < -0.3 is 63.9 Å². The number of para-hydroxylation sites is 1. The lowest BCUT2D eigenvalue weighted by atomic mass is 10.0. The third-order valence-corrected chi connectivity index (χ3v) is 10.9. The van der Waals surface area contributed by atoms with Crippen molar-refractivity contribution in [2.75, 3.05) is 18.1 Å². The fourth-order valence-corrected chi connectivity index (χ4v) is 6.78. The molecule has 14 N–H and O–H groups in total. The van der Waals surface area contributed by atoms with Crippen molar-refractivity contribution in [2.45, 2.75) is 107 Å². The molecule has 1 heterocycles. The first kappa shape index (κ1) is 52.7. The van der Waals surface area contributed by atoms with E-state index in [1.165, 1.54) is 20.8 Å². The molecule has 20 nitrogen and oxygen atoms in total. The quantitative estimate of drug-likeness (QED) is 0.0312. The zero-order chi connectivity index (χ0) is 47.5. The van der Waals surface area contributed by atoms with Crippen molar-refractivity contribution in [2.24, 2.45) is 11.5 Å². The Morgan fingerprint density at radius 1 is 0.625 bits per heavy atom. The van der Waals surface area contributed by atoms with Gasteiger partial charge in [-0.25, -0.2) is 4.79 Å². The number of fused-ring (bicyclic) bond motifs is 1. The summed E-state index contributed by atoms with van der Waals surface area (Å²) in [6.45, 7) is 4.16. The second kappa shape index (κ2) is 26.2. The molecule has 0 aliphatic carbocycles. The predicted molar refractivity (Wildman–Crippen MR) is 245 cm³/mol. The van der Waals surface area contributed by atoms with Crippen LogP contribution >= 0.6 is 25.3 Å². The van der Waals surface area contributed by atoms with Gasteiger partial charge in [-0.15, -0.1) is 0 Å². The van der Waals surface area contributed by atoms with E-state index in [0.717, 1.165) is 16.5 Å². The first-order valence-electron chi connectivity index (χ1n) is 20.7. The number of thiol groups is 2. The van der Waals surface area contributed by atoms with Gasteiger partial charge >= 0.3 is 5.97 Å². The van der Waals surface area contributed by atoms with E-state index >= 15 is 0 Å². The van der Waals surface area contributed by atoms with E-state index in [9.17, 15) is 48.6 Å². The largest absolute Gasteiger partial charge is 0.480 e. The molecule has 0 fully saturated rings. The number of hydrogen-bond donors (Lipinski definition) is 14. The van der Waals surface area contributed by atoms with Gasteiger partial charge in [0.1, 0.15) is 42.3 Å². The maximum Gasteiger partial charge on any atom is 0.327 e. The van der Waals surface area contributed by atoms with Crippen LogP contribution in [0.4, 0.5) is 0 Å². The van der Waals surface area contributed by atoms with Gasteiger partial charge in [0, 0.05) is 41.4 Å². The van der Waals surface area contributed by atoms with Gasteiger partial charge in [-0.1, -0.05) is 48.5 Å². The maximum atomic E-state index is 14.3. The van der Waals surface area contributed by atoms with Gasteiger partial charge in [-0.3, -0.25) is 33.6 Å². The lowest BCUT2D eigenvalue weighted by Gasteiger charge is -2.28. The highest BCUT2D eigenvalue weighted by atomic mass is 32.1. The Labute approximate surface area is 381 Å². The highest BCUT2D eigenvalue weighted by Gasteiger charge is 2.34. The molecule has 7 amide bonds. The normalized spacial score (nSPS) is 15.4. The van der Waals surface area contributed by atoms with Gasteiger partial charge in [0.25, 0.3) is 0 Å². The molecule has 0 aliphatic heterocycles. The molecule has 3 rings (SSSR count). The fraction of sp³-hybridized carbons (Fsp3) is 0.476. The van der Waals surface area contributed by atoms with E-state index in [1.54, 1.807) is 42.6 Å². The van der Waals surface area contributed by atoms with Crippen LogP contribution in [0.25, 0.3) is 10.9 Å². The van der Waals surface area contributed by atoms with E-state index in [0.29, 0.717) is 18.4 Å². The first-order chi connectivity index (χ1) is 30.4. The number of aliphatic hydroxyl groups is 1. The third-order valence-electron chi connectivity index (χ3n) is 10.1. The Balaban J connectivity index is 1.86. The maximum absolute atomic E-state index is 14.3. The third kappa shape index (κ3) is 16.1. The van der Waals surface area contributed by atoms with Crippen molar-refractivity contribution >= 4 is 83.5 Å². The number of carboxylic acids is 1. The van der Waals surface area contributed by atoms with E-state index in [1.807, 2.05) is 18.2 Å². The Morgan fingerprint density at radius 3 is 1.75 bits per heavy atom. The second-order valence-electron chi connectivity index (χ2n) is 15.3. The van der Waals surface area contributed by atoms with Crippen LogP contribution in [0.1, 0.15) is 51.2 Å². The predicted octanol–water partition coefficient (Wildman–Crippen LogP) is -1.83. The topological polar surface area (TPSA) is 329 Å². The first-order valence-corrected chi connectivity index (χ1v) is 22.0. The van der Waals surface area contributed by atoms with Crippen molar-refractivity contribution in [1.82, 2.24) is 42.2 Å². The summed E-state index contributed by atoms with van der Waals surface area (Å²) in [5.41, 5.74) is 13.7. The number of benzene rings is 2. The SMILES string of the molecule is C[C@H](NC(=O)[C@H](Cc1ccccc1)NC(=O)[C@@H](N)CS)C(=O)N[C@@H](Cc1c[nH]c2ccccc12)C(=O)N[C@@H](CCCCN)C(=O)N[C@H](C(=O)N[C@@H](C)C(=O)N[C@@H](CS)C(=O)O)[C@@H](C)O. The molecule has 0 saturated heterocycles. The molecule has 22 heteroatoms. The number of nitrogens with two attached hydrogens (primary N) is 2. The fourth-order valence-electron chi connectivity index (χ4n) is 6.37. The van der Waals surface area contributed by atoms with Crippen LogP contribution in [0.3, 0.4) is 0 Å². The Morgan fingerprint density at radius 2 is 1.16 bits per heavy atom. The number of aliphatic carboxylic acids is 1. The number of rotatable bonds is 26. The molecule has 0 unspecified atom stereocenters. The molecular formula is C42H60N10O10S2. The minimum absolute atomic E-state index is 0.0185. The molecule has 64 heavy (non-hydrogen) atoms. The summed E-state index contributed by atoms with van der Waals surface area (Å²) in [5, 5.41) is 38.2. The molecule has 0 radical (unpaired) electrons. The lowest BCUT2D eigenvalue weighted by Crippen LogP contribution is -2.61. The molecule has 2 aromatic carbocycles. The molecule has 0 aliphatic rings. The number of aromatic nitrogens is 1. The Bertz CT molecular complexity index is 2070. The van der Waals surface area contributed by atoms with Crippen LogP contribution in [0.2, 0.25) is 0 Å². The van der Waals surface area contributed by atoms with Crippen LogP contribution in [0.5, 0.6) is 0 Å². The molecule has 0 bridgehead atoms. The summed E-state index contributed by atoms with van der Waals surface area (Å²) < 4.78 is 0. The van der Waals surface area contributed by atoms with Crippen LogP contribution in [-0.4, -0.2) is 135 Å². The van der Waals surface area contributed by atoms with Gasteiger partial charge in [-0.2, -0.15) is 25.3 Å². The zero-order valence-electron chi connectivity index (χ0n) is 35.8. The molecule has 1 aromatic heterocycles. The number of hydrogen-bond acceptors (Lipinski definition) is 13. The van der Waals surface area contributed by atoms with Crippen molar-refractivity contribution in [3.63, 3.8) is 0 Å². The Kier molecular flexibility index (Phi) is 21.6. The minimum Gasteiger partial charge on any atom is -0.480 e. The molecule has 9 atom stereocenters. The van der Waals surface area contributed by atoms with Gasteiger partial charge in [0.05, 0.1) is 12.1 Å². The minimum atomic E-state index is -1.63. The Hall–Kier alpha value is -5.68. The second-order valence-corrected chi connectivity index (χ2v) is 16.0. The monoisotopic (exact) mass is 928 g/mol. The number of carboxylic acid groups (broad SMARTS) is 1. The molecule has 350 valence electrons. The number of amides is 7. The van der Waals surface area contributed by atoms with E-state index in [4.69, 9.17) is 11.5 Å². The van der Waals surface area contributed by atoms with Crippen LogP contribution < -0.4 is 48.7 Å². The van der Waals surface area contributed by atoms with E-state index in [2.05, 4.69) is 67.5 Å². The smallest absolute Gasteiger partial charge is 0.327 e. The highest BCUT2D eigenvalue weighted by molar-refractivity contribution is 7.80. The summed E-state index contributed by atoms with van der Waals surface area (Å²) in [6.07, 6.45) is 0.976. The molecule has 0 saturated carbocycles. The molecule has 0 spiro atoms. The molecule has 3 aromatic rings. The average Bonchev–Trinajstić information content (AvgIpc) is 3.68. The number of carbonyl (C=O) groups excluding carboxylic acids is 7. The number of aliphatic hydroxyl groups excluding tert-OH is 1. The summed E-state index contributed by atoms with van der Waals surface area (Å²) >= 11 is 7.98. The number of aromatic amines is 1. The van der Waals surface area contributed by atoms with Crippen LogP contribution in [-0.2, 0) is 51.2 Å². The highest BCUT2D eigenvalue weighted by Crippen LogP contribution is 2.20. The average molecular weight is 929 g/mol. The zero-order valence-corrected chi connectivity index (χ0v) is 37.6. The standard InChI is InChI=1S/C42H60N10O10S2/c1-22(46-39(58)31(50-37(56)28(44)20-63)17-25-11-5-4-6-12-25)35(54)49-32(18-26-19-45-29-14-8-7-13-27(26)29)40(59)48-30(15-9-10-16-43)38(57)52-34(24(3)53)41(60)47-23(2)36(55)51-33(21-64)42(61)62/h4-8,11-14,19,22-24,28,30-34,45,53,63-64H,9-10,15-18,20-21,43-44H2,1-3H3,(H,46,58)(H,47,60)(H,48,59)(H,49,54)(H,50,56)(H,51,55)(H,52,57)(H,61,62)/t22-,23-,24+,28-,30-,31-,32-,33-,34-/m0/s1. The summed E-state index contributed by atoms with van der Waals surface area (Å²) in [4.78, 5) is 109. The van der Waals surface area contributed by atoms with Crippen molar-refractivity contribution in [3.05, 3.63) is 71.9 Å². The summed E-state index contributed by atoms with van der Waals surface area (Å²) in [7, 11) is 0. The number of H-pyrrole nitrogens is 1. The van der Waals surface area contributed by atoms with Crippen molar-refractivity contribution in [3.8, 4) is 0 Å². The van der Waals surface area contributed by atoms with Crippen LogP contribution in [0, 0.1) is 0 Å². The van der Waals surface area contributed by atoms with Crippen molar-refractivity contribution in [1.29, 1.82) is 0 Å². The van der Waals surface area contributed by atoms with E-state index in [-0.39, 0.29) is 37.3 Å². The summed E-state index contributed by atoms with van der Waals surface area (Å²) in [5.74, 6) is -7.18. The van der Waals surface area contributed by atoms with Gasteiger partial charge in [-0.05, 0) is 63.8 Å². The van der Waals surface area contributed by atoms with Gasteiger partial charge in [0.2, 0.25) is 41.4 Å². The summed E-state index contributed by atoms with van der Waals surface area (Å²) in [6, 6.07) is 5.81. The van der Waals surface area contributed by atoms with Crippen molar-refractivity contribution < 1.29 is 48.6 Å². The van der Waals surface area contributed by atoms with Crippen LogP contribution in [0.15, 0.2) is 60.8 Å². The van der Waals surface area contributed by atoms with E-state index < -0.39 is 102 Å². The van der Waals surface area contributed by atoms with Gasteiger partial charge in [0.15, 0.2) is 0 Å². The number of unbranched alkanes of at least 4 members (excludes halogenated alkanes) is 1. The number of carbonyl (C=O) groups is 8. The molecular weight excluding hydrogens is 869 g/mol. The lowest BCUT2D eigenvalue weighted by molar-refractivity contribution is -0.141. The number of nitrogens with one attached hydrogen (secondary N) is 8.